The van der Waals surface area contributed by atoms with Gasteiger partial charge in [-0.3, -0.25) is 14.4 Å². The predicted octanol–water partition coefficient (Wildman–Crippen LogP) is 3.67. The second-order valence-electron chi connectivity index (χ2n) is 6.42. The Labute approximate surface area is 159 Å². The summed E-state index contributed by atoms with van der Waals surface area (Å²) in [6.45, 7) is 6.52. The number of hydrogen-bond acceptors (Lipinski definition) is 4. The molecule has 27 heavy (non-hydrogen) atoms. The fourth-order valence-electron chi connectivity index (χ4n) is 2.52. The molecule has 0 aliphatic carbocycles. The normalized spacial score (nSPS) is 10.4. The first-order chi connectivity index (χ1) is 12.8. The van der Waals surface area contributed by atoms with E-state index in [9.17, 15) is 14.4 Å². The molecule has 2 aromatic carbocycles. The van der Waals surface area contributed by atoms with Crippen LogP contribution in [0.15, 0.2) is 48.5 Å². The van der Waals surface area contributed by atoms with E-state index in [1.807, 2.05) is 19.9 Å². The highest BCUT2D eigenvalue weighted by Crippen LogP contribution is 2.25. The Hall–Kier alpha value is -3.15. The number of nitrogens with zero attached hydrogens (tertiary/aromatic N) is 1. The van der Waals surface area contributed by atoms with Gasteiger partial charge in [-0.15, -0.1) is 0 Å². The summed E-state index contributed by atoms with van der Waals surface area (Å²) in [7, 11) is 0. The smallest absolute Gasteiger partial charge is 0.244 e. The number of ether oxygens (including phenoxy) is 1. The first kappa shape index (κ1) is 20.2. The number of amides is 2. The van der Waals surface area contributed by atoms with Crippen molar-refractivity contribution in [3.8, 4) is 5.75 Å². The highest BCUT2D eigenvalue weighted by atomic mass is 16.5. The van der Waals surface area contributed by atoms with Gasteiger partial charge in [-0.2, -0.15) is 0 Å². The molecule has 0 atom stereocenters. The Kier molecular flexibility index (Phi) is 6.71. The lowest BCUT2D eigenvalue weighted by Gasteiger charge is -2.21. The minimum atomic E-state index is -0.347. The van der Waals surface area contributed by atoms with Gasteiger partial charge in [0.1, 0.15) is 12.3 Å². The molecule has 0 aromatic heterocycles. The Morgan fingerprint density at radius 2 is 1.63 bits per heavy atom. The molecule has 0 spiro atoms. The van der Waals surface area contributed by atoms with Gasteiger partial charge in [0.05, 0.1) is 11.8 Å². The van der Waals surface area contributed by atoms with Crippen molar-refractivity contribution in [1.29, 1.82) is 0 Å². The number of hydrogen-bond donors (Lipinski definition) is 1. The number of anilines is 2. The van der Waals surface area contributed by atoms with Crippen LogP contribution in [0.1, 0.15) is 38.1 Å². The van der Waals surface area contributed by atoms with Crippen molar-refractivity contribution in [3.63, 3.8) is 0 Å². The molecule has 0 aliphatic heterocycles. The summed E-state index contributed by atoms with van der Waals surface area (Å²) in [4.78, 5) is 37.3. The Balaban J connectivity index is 2.14. The van der Waals surface area contributed by atoms with Gasteiger partial charge in [-0.1, -0.05) is 12.1 Å². The van der Waals surface area contributed by atoms with E-state index < -0.39 is 0 Å². The van der Waals surface area contributed by atoms with Crippen molar-refractivity contribution >= 4 is 29.0 Å². The summed E-state index contributed by atoms with van der Waals surface area (Å²) in [6, 6.07) is 13.7. The molecule has 142 valence electrons. The minimum Gasteiger partial charge on any atom is -0.489 e. The van der Waals surface area contributed by atoms with Crippen LogP contribution in [0, 0.1) is 0 Å². The number of para-hydroxylation sites is 2. The van der Waals surface area contributed by atoms with E-state index in [4.69, 9.17) is 4.74 Å². The van der Waals surface area contributed by atoms with Crippen LogP contribution in [-0.4, -0.2) is 30.2 Å². The third-order valence-corrected chi connectivity index (χ3v) is 3.79. The van der Waals surface area contributed by atoms with E-state index in [1.54, 1.807) is 42.5 Å². The summed E-state index contributed by atoms with van der Waals surface area (Å²) in [5, 5.41) is 2.79. The Morgan fingerprint density at radius 3 is 2.19 bits per heavy atom. The summed E-state index contributed by atoms with van der Waals surface area (Å²) < 4.78 is 5.69. The van der Waals surface area contributed by atoms with Gasteiger partial charge in [-0.25, -0.2) is 0 Å². The zero-order valence-electron chi connectivity index (χ0n) is 16.0. The maximum absolute atomic E-state index is 12.5. The van der Waals surface area contributed by atoms with Crippen LogP contribution < -0.4 is 15.0 Å². The molecule has 2 amide bonds. The number of ketones is 1. The average molecular weight is 368 g/mol. The number of rotatable bonds is 7. The van der Waals surface area contributed by atoms with Crippen molar-refractivity contribution in [2.45, 2.75) is 33.8 Å². The molecule has 0 heterocycles. The van der Waals surface area contributed by atoms with Gasteiger partial charge >= 0.3 is 0 Å². The van der Waals surface area contributed by atoms with E-state index in [1.165, 1.54) is 18.7 Å². The molecule has 0 aliphatic rings. The Morgan fingerprint density at radius 1 is 1.00 bits per heavy atom. The van der Waals surface area contributed by atoms with Crippen molar-refractivity contribution in [3.05, 3.63) is 54.1 Å². The van der Waals surface area contributed by atoms with Crippen LogP contribution in [0.3, 0.4) is 0 Å². The molecule has 0 unspecified atom stereocenters. The monoisotopic (exact) mass is 368 g/mol. The first-order valence-electron chi connectivity index (χ1n) is 8.72. The molecule has 0 saturated carbocycles. The van der Waals surface area contributed by atoms with Gasteiger partial charge in [0.15, 0.2) is 5.78 Å². The highest BCUT2D eigenvalue weighted by Gasteiger charge is 2.17. The van der Waals surface area contributed by atoms with Crippen LogP contribution in [-0.2, 0) is 9.59 Å². The van der Waals surface area contributed by atoms with Crippen LogP contribution in [0.2, 0.25) is 0 Å². The van der Waals surface area contributed by atoms with E-state index in [0.717, 1.165) is 0 Å². The molecule has 0 saturated heterocycles. The Bertz CT molecular complexity index is 828. The lowest BCUT2D eigenvalue weighted by Crippen LogP contribution is -2.36. The first-order valence-corrected chi connectivity index (χ1v) is 8.72. The lowest BCUT2D eigenvalue weighted by atomic mass is 10.1. The van der Waals surface area contributed by atoms with E-state index in [2.05, 4.69) is 5.32 Å². The summed E-state index contributed by atoms with van der Waals surface area (Å²) >= 11 is 0. The maximum atomic E-state index is 12.5. The topological polar surface area (TPSA) is 75.7 Å². The molecule has 6 heteroatoms. The van der Waals surface area contributed by atoms with Crippen LogP contribution >= 0.6 is 0 Å². The van der Waals surface area contributed by atoms with Gasteiger partial charge in [-0.05, 0) is 57.2 Å². The largest absolute Gasteiger partial charge is 0.489 e. The highest BCUT2D eigenvalue weighted by molar-refractivity contribution is 6.02. The van der Waals surface area contributed by atoms with Crippen LogP contribution in [0.4, 0.5) is 11.4 Å². The number of carbonyl (C=O) groups is 3. The predicted molar refractivity (Wildman–Crippen MR) is 105 cm³/mol. The quantitative estimate of drug-likeness (QED) is 0.757. The lowest BCUT2D eigenvalue weighted by molar-refractivity contribution is -0.120. The van der Waals surface area contributed by atoms with Crippen molar-refractivity contribution in [2.75, 3.05) is 16.8 Å². The standard InChI is InChI=1S/C21H24N2O4/c1-14(2)27-20-8-6-5-7-19(20)22-21(26)13-23(16(4)25)18-11-9-17(10-12-18)15(3)24/h5-12,14H,13H2,1-4H3,(H,22,26). The average Bonchev–Trinajstić information content (AvgIpc) is 2.61. The molecule has 2 rings (SSSR count). The molecule has 0 fully saturated rings. The molecule has 0 bridgehead atoms. The van der Waals surface area contributed by atoms with Crippen molar-refractivity contribution in [1.82, 2.24) is 0 Å². The summed E-state index contributed by atoms with van der Waals surface area (Å²) in [5.41, 5.74) is 1.65. The second-order valence-corrected chi connectivity index (χ2v) is 6.42. The molecular formula is C21H24N2O4. The number of benzene rings is 2. The molecule has 1 N–H and O–H groups in total. The SMILES string of the molecule is CC(=O)c1ccc(N(CC(=O)Nc2ccccc2OC(C)C)C(C)=O)cc1. The van der Waals surface area contributed by atoms with Gasteiger partial charge in [0.25, 0.3) is 0 Å². The zero-order chi connectivity index (χ0) is 20.0. The number of nitrogens with one attached hydrogen (secondary N) is 1. The van der Waals surface area contributed by atoms with Gasteiger partial charge in [0, 0.05) is 18.2 Å². The fourth-order valence-corrected chi connectivity index (χ4v) is 2.52. The van der Waals surface area contributed by atoms with E-state index >= 15 is 0 Å². The maximum Gasteiger partial charge on any atom is 0.244 e. The third-order valence-electron chi connectivity index (χ3n) is 3.79. The van der Waals surface area contributed by atoms with E-state index in [0.29, 0.717) is 22.7 Å². The second kappa shape index (κ2) is 8.98. The zero-order valence-corrected chi connectivity index (χ0v) is 16.0. The molecule has 2 aromatic rings. The van der Waals surface area contributed by atoms with Crippen molar-refractivity contribution in [2.24, 2.45) is 0 Å². The molecule has 6 nitrogen and oxygen atoms in total. The number of carbonyl (C=O) groups excluding carboxylic acids is 3. The third kappa shape index (κ3) is 5.67. The van der Waals surface area contributed by atoms with E-state index in [-0.39, 0.29) is 30.2 Å². The summed E-state index contributed by atoms with van der Waals surface area (Å²) in [6.07, 6.45) is -0.0310. The minimum absolute atomic E-state index is 0.0310. The van der Waals surface area contributed by atoms with Gasteiger partial charge in [0.2, 0.25) is 11.8 Å². The molecular weight excluding hydrogens is 344 g/mol. The summed E-state index contributed by atoms with van der Waals surface area (Å²) in [5.74, 6) is -0.107. The van der Waals surface area contributed by atoms with Crippen LogP contribution in [0.5, 0.6) is 5.75 Å². The molecule has 0 radical (unpaired) electrons. The fraction of sp³-hybridized carbons (Fsp3) is 0.286. The van der Waals surface area contributed by atoms with Crippen LogP contribution in [0.25, 0.3) is 0 Å². The number of Topliss-reactive ketones (excluding diaryl/α,β-unsaturated/α-hetero) is 1. The van der Waals surface area contributed by atoms with Gasteiger partial charge < -0.3 is 15.0 Å². The van der Waals surface area contributed by atoms with Crippen molar-refractivity contribution < 1.29 is 19.1 Å².